The largest absolute Gasteiger partial charge is 0.328 e. The average Bonchev–Trinajstić information content (AvgIpc) is 2.57. The zero-order valence-electron chi connectivity index (χ0n) is 12.8. The van der Waals surface area contributed by atoms with Crippen molar-refractivity contribution in [1.82, 2.24) is 4.90 Å². The summed E-state index contributed by atoms with van der Waals surface area (Å²) in [5.41, 5.74) is 1.40. The van der Waals surface area contributed by atoms with Crippen molar-refractivity contribution in [3.8, 4) is 0 Å². The second-order valence-corrected chi connectivity index (χ2v) is 6.26. The fourth-order valence-corrected chi connectivity index (χ4v) is 3.02. The van der Waals surface area contributed by atoms with Crippen LogP contribution in [0.2, 0.25) is 5.02 Å². The van der Waals surface area contributed by atoms with Gasteiger partial charge in [0.15, 0.2) is 0 Å². The summed E-state index contributed by atoms with van der Waals surface area (Å²) < 4.78 is 13.7. The van der Waals surface area contributed by atoms with E-state index in [4.69, 9.17) is 11.6 Å². The standard InChI is InChI=1S/C18H18ClFN2O/c19-15-7-5-14(6-8-15)13-21-9-11-22(12-10-21)18(23)16-3-1-2-4-17(16)20/h1-8H,9-13H2/p+1. The van der Waals surface area contributed by atoms with E-state index in [0.717, 1.165) is 24.7 Å². The molecule has 0 saturated carbocycles. The van der Waals surface area contributed by atoms with Crippen LogP contribution in [-0.2, 0) is 6.54 Å². The summed E-state index contributed by atoms with van der Waals surface area (Å²) in [6, 6.07) is 14.0. The molecule has 1 heterocycles. The van der Waals surface area contributed by atoms with Gasteiger partial charge in [-0.15, -0.1) is 0 Å². The molecule has 1 fully saturated rings. The quantitative estimate of drug-likeness (QED) is 0.913. The summed E-state index contributed by atoms with van der Waals surface area (Å²) in [5, 5.41) is 0.740. The first kappa shape index (κ1) is 16.0. The van der Waals surface area contributed by atoms with Crippen LogP contribution in [-0.4, -0.2) is 37.0 Å². The minimum Gasteiger partial charge on any atom is -0.328 e. The number of quaternary nitrogens is 1. The molecule has 2 aromatic carbocycles. The van der Waals surface area contributed by atoms with Gasteiger partial charge in [0.25, 0.3) is 5.91 Å². The summed E-state index contributed by atoms with van der Waals surface area (Å²) in [6.07, 6.45) is 0. The highest BCUT2D eigenvalue weighted by molar-refractivity contribution is 6.30. The van der Waals surface area contributed by atoms with Gasteiger partial charge in [-0.1, -0.05) is 35.9 Å². The van der Waals surface area contributed by atoms with E-state index >= 15 is 0 Å². The van der Waals surface area contributed by atoms with Gasteiger partial charge in [-0.2, -0.15) is 0 Å². The number of carbonyl (C=O) groups excluding carboxylic acids is 1. The molecule has 1 amide bonds. The predicted molar refractivity (Wildman–Crippen MR) is 88.2 cm³/mol. The molecule has 5 heteroatoms. The second-order valence-electron chi connectivity index (χ2n) is 5.83. The van der Waals surface area contributed by atoms with E-state index in [0.29, 0.717) is 13.1 Å². The lowest BCUT2D eigenvalue weighted by atomic mass is 10.1. The second kappa shape index (κ2) is 7.11. The maximum absolute atomic E-state index is 13.7. The third-order valence-electron chi connectivity index (χ3n) is 4.23. The summed E-state index contributed by atoms with van der Waals surface area (Å²) in [7, 11) is 0. The first-order valence-corrected chi connectivity index (χ1v) is 8.13. The molecule has 1 aliphatic rings. The van der Waals surface area contributed by atoms with Crippen molar-refractivity contribution in [2.75, 3.05) is 26.2 Å². The lowest BCUT2D eigenvalue weighted by molar-refractivity contribution is -0.917. The lowest BCUT2D eigenvalue weighted by Crippen LogP contribution is -3.13. The lowest BCUT2D eigenvalue weighted by Gasteiger charge is -2.32. The van der Waals surface area contributed by atoms with E-state index in [9.17, 15) is 9.18 Å². The molecule has 1 aliphatic heterocycles. The zero-order valence-corrected chi connectivity index (χ0v) is 13.5. The summed E-state index contributed by atoms with van der Waals surface area (Å²) in [6.45, 7) is 3.94. The van der Waals surface area contributed by atoms with E-state index in [2.05, 4.69) is 0 Å². The van der Waals surface area contributed by atoms with Crippen molar-refractivity contribution < 1.29 is 14.1 Å². The Labute approximate surface area is 140 Å². The van der Waals surface area contributed by atoms with Crippen molar-refractivity contribution in [2.45, 2.75) is 6.54 Å². The smallest absolute Gasteiger partial charge is 0.257 e. The van der Waals surface area contributed by atoms with Gasteiger partial charge in [-0.05, 0) is 24.3 Å². The Morgan fingerprint density at radius 1 is 1.09 bits per heavy atom. The van der Waals surface area contributed by atoms with Crippen LogP contribution < -0.4 is 4.90 Å². The maximum atomic E-state index is 13.7. The van der Waals surface area contributed by atoms with Crippen LogP contribution in [0, 0.1) is 5.82 Å². The molecule has 120 valence electrons. The van der Waals surface area contributed by atoms with Crippen molar-refractivity contribution in [2.24, 2.45) is 0 Å². The number of nitrogens with one attached hydrogen (secondary N) is 1. The van der Waals surface area contributed by atoms with E-state index in [1.54, 1.807) is 23.1 Å². The fraction of sp³-hybridized carbons (Fsp3) is 0.278. The van der Waals surface area contributed by atoms with Crippen LogP contribution in [0.4, 0.5) is 4.39 Å². The molecule has 1 N–H and O–H groups in total. The highest BCUT2D eigenvalue weighted by Gasteiger charge is 2.25. The molecular weight excluding hydrogens is 315 g/mol. The number of hydrogen-bond donors (Lipinski definition) is 1. The minimum atomic E-state index is -0.451. The van der Waals surface area contributed by atoms with Gasteiger partial charge in [-0.25, -0.2) is 4.39 Å². The summed E-state index contributed by atoms with van der Waals surface area (Å²) in [5.74, 6) is -0.665. The number of carbonyl (C=O) groups is 1. The normalized spacial score (nSPS) is 15.7. The van der Waals surface area contributed by atoms with Crippen LogP contribution in [0.5, 0.6) is 0 Å². The maximum Gasteiger partial charge on any atom is 0.257 e. The van der Waals surface area contributed by atoms with E-state index in [1.165, 1.54) is 16.5 Å². The predicted octanol–water partition coefficient (Wildman–Crippen LogP) is 2.02. The zero-order chi connectivity index (χ0) is 16.2. The third kappa shape index (κ3) is 3.89. The van der Waals surface area contributed by atoms with Gasteiger partial charge in [0, 0.05) is 10.6 Å². The summed E-state index contributed by atoms with van der Waals surface area (Å²) >= 11 is 5.90. The topological polar surface area (TPSA) is 24.8 Å². The van der Waals surface area contributed by atoms with Crippen molar-refractivity contribution >= 4 is 17.5 Å². The van der Waals surface area contributed by atoms with Crippen molar-refractivity contribution in [3.63, 3.8) is 0 Å². The van der Waals surface area contributed by atoms with Gasteiger partial charge in [-0.3, -0.25) is 4.79 Å². The number of benzene rings is 2. The monoisotopic (exact) mass is 333 g/mol. The minimum absolute atomic E-state index is 0.161. The highest BCUT2D eigenvalue weighted by Crippen LogP contribution is 2.11. The number of nitrogens with zero attached hydrogens (tertiary/aromatic N) is 1. The van der Waals surface area contributed by atoms with Crippen molar-refractivity contribution in [1.29, 1.82) is 0 Å². The highest BCUT2D eigenvalue weighted by atomic mass is 35.5. The van der Waals surface area contributed by atoms with Gasteiger partial charge in [0.05, 0.1) is 31.7 Å². The van der Waals surface area contributed by atoms with E-state index in [1.807, 2.05) is 24.3 Å². The van der Waals surface area contributed by atoms with E-state index < -0.39 is 5.82 Å². The molecule has 0 spiro atoms. The first-order valence-electron chi connectivity index (χ1n) is 7.75. The molecule has 0 bridgehead atoms. The molecule has 0 radical (unpaired) electrons. The average molecular weight is 334 g/mol. The number of piperazine rings is 1. The van der Waals surface area contributed by atoms with Crippen LogP contribution in [0.1, 0.15) is 15.9 Å². The molecule has 0 aromatic heterocycles. The van der Waals surface area contributed by atoms with Crippen molar-refractivity contribution in [3.05, 3.63) is 70.5 Å². The van der Waals surface area contributed by atoms with Crippen LogP contribution >= 0.6 is 11.6 Å². The Hall–Kier alpha value is -1.91. The Balaban J connectivity index is 1.57. The molecule has 0 atom stereocenters. The summed E-state index contributed by atoms with van der Waals surface area (Å²) in [4.78, 5) is 15.5. The van der Waals surface area contributed by atoms with Crippen LogP contribution in [0.15, 0.2) is 48.5 Å². The number of hydrogen-bond acceptors (Lipinski definition) is 1. The molecule has 3 nitrogen and oxygen atoms in total. The Bertz CT molecular complexity index is 682. The molecule has 2 aromatic rings. The molecule has 0 aliphatic carbocycles. The van der Waals surface area contributed by atoms with Gasteiger partial charge in [0.1, 0.15) is 12.4 Å². The Kier molecular flexibility index (Phi) is 4.94. The number of rotatable bonds is 3. The van der Waals surface area contributed by atoms with Gasteiger partial charge >= 0.3 is 0 Å². The molecule has 1 saturated heterocycles. The van der Waals surface area contributed by atoms with Gasteiger partial charge in [0.2, 0.25) is 0 Å². The third-order valence-corrected chi connectivity index (χ3v) is 4.48. The Morgan fingerprint density at radius 3 is 2.39 bits per heavy atom. The number of halogens is 2. The SMILES string of the molecule is O=C(c1ccccc1F)N1CC[NH+](Cc2ccc(Cl)cc2)CC1. The van der Waals surface area contributed by atoms with Crippen LogP contribution in [0.25, 0.3) is 0 Å². The molecule has 3 rings (SSSR count). The Morgan fingerprint density at radius 2 is 1.74 bits per heavy atom. The van der Waals surface area contributed by atoms with E-state index in [-0.39, 0.29) is 11.5 Å². The first-order chi connectivity index (χ1) is 11.1. The molecule has 23 heavy (non-hydrogen) atoms. The molecular formula is C18H19ClFN2O+. The fourth-order valence-electron chi connectivity index (χ4n) is 2.90. The van der Waals surface area contributed by atoms with Crippen LogP contribution in [0.3, 0.4) is 0 Å². The number of amides is 1. The van der Waals surface area contributed by atoms with Gasteiger partial charge < -0.3 is 9.80 Å². The molecule has 0 unspecified atom stereocenters.